The second-order valence-electron chi connectivity index (χ2n) is 4.96. The molecule has 0 aliphatic heterocycles. The van der Waals surface area contributed by atoms with Crippen LogP contribution in [0.4, 0.5) is 0 Å². The lowest BCUT2D eigenvalue weighted by Crippen LogP contribution is -2.36. The first-order valence-corrected chi connectivity index (χ1v) is 8.30. The lowest BCUT2D eigenvalue weighted by atomic mass is 10.4. The fourth-order valence-electron chi connectivity index (χ4n) is 2.13. The number of guanidine groups is 1. The Kier molecular flexibility index (Phi) is 4.82. The van der Waals surface area contributed by atoms with Gasteiger partial charge in [0.1, 0.15) is 11.6 Å². The minimum atomic E-state index is 0.456. The van der Waals surface area contributed by atoms with Crippen LogP contribution in [0.25, 0.3) is 5.65 Å². The molecule has 23 heavy (non-hydrogen) atoms. The third-order valence-corrected chi connectivity index (χ3v) is 4.10. The Morgan fingerprint density at radius 1 is 1.30 bits per heavy atom. The fourth-order valence-corrected chi connectivity index (χ4v) is 2.86. The number of nitrogens with one attached hydrogen (secondary N) is 2. The van der Waals surface area contributed by atoms with Crippen molar-refractivity contribution in [3.8, 4) is 0 Å². The van der Waals surface area contributed by atoms with Crippen LogP contribution in [0.2, 0.25) is 0 Å². The normalized spacial score (nSPS) is 11.8. The summed E-state index contributed by atoms with van der Waals surface area (Å²) < 4.78 is 1.94. The van der Waals surface area contributed by atoms with Gasteiger partial charge in [-0.15, -0.1) is 21.5 Å². The Morgan fingerprint density at radius 2 is 2.22 bits per heavy atom. The molecule has 8 heteroatoms. The molecule has 0 amide bonds. The predicted octanol–water partition coefficient (Wildman–Crippen LogP) is 1.75. The number of hydrogen-bond acceptors (Lipinski definition) is 5. The molecule has 0 radical (unpaired) electrons. The topological polar surface area (TPSA) is 79.5 Å². The molecule has 3 aromatic heterocycles. The van der Waals surface area contributed by atoms with Gasteiger partial charge in [0.15, 0.2) is 17.4 Å². The van der Waals surface area contributed by atoms with Crippen molar-refractivity contribution in [1.29, 1.82) is 0 Å². The van der Waals surface area contributed by atoms with Gasteiger partial charge in [-0.3, -0.25) is 4.40 Å². The van der Waals surface area contributed by atoms with Crippen LogP contribution in [0.3, 0.4) is 0 Å². The maximum absolute atomic E-state index is 4.58. The van der Waals surface area contributed by atoms with Crippen molar-refractivity contribution in [2.24, 2.45) is 4.99 Å². The van der Waals surface area contributed by atoms with Crippen LogP contribution >= 0.6 is 11.3 Å². The highest BCUT2D eigenvalue weighted by Gasteiger charge is 2.05. The van der Waals surface area contributed by atoms with Crippen LogP contribution in [-0.2, 0) is 13.1 Å². The van der Waals surface area contributed by atoms with Crippen LogP contribution in [0.5, 0.6) is 0 Å². The number of hydrogen-bond donors (Lipinski definition) is 2. The zero-order valence-electron chi connectivity index (χ0n) is 13.2. The highest BCUT2D eigenvalue weighted by Crippen LogP contribution is 2.10. The first-order valence-electron chi connectivity index (χ1n) is 7.48. The van der Waals surface area contributed by atoms with Crippen molar-refractivity contribution in [2.45, 2.75) is 26.9 Å². The SMILES string of the molecule is CCNC(=NCc1nnc2ccccn12)NCc1ncc(C)s1. The first-order chi connectivity index (χ1) is 11.3. The summed E-state index contributed by atoms with van der Waals surface area (Å²) in [5.74, 6) is 1.55. The summed E-state index contributed by atoms with van der Waals surface area (Å²) in [6.07, 6.45) is 3.83. The van der Waals surface area contributed by atoms with E-state index in [1.807, 2.05) is 41.9 Å². The molecule has 0 unspecified atom stereocenters. The average Bonchev–Trinajstić information content (AvgIpc) is 3.16. The lowest BCUT2D eigenvalue weighted by Gasteiger charge is -2.09. The lowest BCUT2D eigenvalue weighted by molar-refractivity contribution is 0.796. The van der Waals surface area contributed by atoms with Gasteiger partial charge in [0.2, 0.25) is 0 Å². The maximum atomic E-state index is 4.58. The van der Waals surface area contributed by atoms with E-state index in [1.54, 1.807) is 11.3 Å². The zero-order chi connectivity index (χ0) is 16.1. The quantitative estimate of drug-likeness (QED) is 0.551. The van der Waals surface area contributed by atoms with E-state index < -0.39 is 0 Å². The molecule has 0 atom stereocenters. The smallest absolute Gasteiger partial charge is 0.192 e. The van der Waals surface area contributed by atoms with Crippen molar-refractivity contribution in [3.05, 3.63) is 46.3 Å². The molecule has 0 bridgehead atoms. The number of fused-ring (bicyclic) bond motifs is 1. The van der Waals surface area contributed by atoms with Gasteiger partial charge in [-0.25, -0.2) is 9.98 Å². The van der Waals surface area contributed by atoms with Gasteiger partial charge >= 0.3 is 0 Å². The van der Waals surface area contributed by atoms with Gasteiger partial charge in [0.25, 0.3) is 0 Å². The van der Waals surface area contributed by atoms with Crippen LogP contribution in [0.15, 0.2) is 35.6 Å². The molecule has 2 N–H and O–H groups in total. The zero-order valence-corrected chi connectivity index (χ0v) is 14.0. The highest BCUT2D eigenvalue weighted by molar-refractivity contribution is 7.11. The minimum Gasteiger partial charge on any atom is -0.357 e. The van der Waals surface area contributed by atoms with Crippen LogP contribution in [0.1, 0.15) is 22.6 Å². The third-order valence-electron chi connectivity index (χ3n) is 3.18. The van der Waals surface area contributed by atoms with E-state index in [-0.39, 0.29) is 0 Å². The standard InChI is InChI=1S/C15H19N7S/c1-3-16-15(19-10-14-17-8-11(2)23-14)18-9-13-21-20-12-6-4-5-7-22(12)13/h4-8H,3,9-10H2,1-2H3,(H2,16,18,19). The second-order valence-corrected chi connectivity index (χ2v) is 6.28. The average molecular weight is 329 g/mol. The molecule has 0 aliphatic rings. The molecule has 3 aromatic rings. The Balaban J connectivity index is 1.68. The van der Waals surface area contributed by atoms with Crippen LogP contribution in [-0.4, -0.2) is 32.1 Å². The van der Waals surface area contributed by atoms with Gasteiger partial charge in [-0.2, -0.15) is 0 Å². The molecule has 120 valence electrons. The number of thiazole rings is 1. The fraction of sp³-hybridized carbons (Fsp3) is 0.333. The van der Waals surface area contributed by atoms with E-state index in [9.17, 15) is 0 Å². The molecular formula is C15H19N7S. The van der Waals surface area contributed by atoms with Gasteiger partial charge in [-0.05, 0) is 26.0 Å². The maximum Gasteiger partial charge on any atom is 0.192 e. The monoisotopic (exact) mass is 329 g/mol. The summed E-state index contributed by atoms with van der Waals surface area (Å²) in [6.45, 7) is 6.00. The number of pyridine rings is 1. The number of nitrogens with zero attached hydrogens (tertiary/aromatic N) is 5. The third kappa shape index (κ3) is 3.84. The molecule has 0 fully saturated rings. The van der Waals surface area contributed by atoms with E-state index in [0.29, 0.717) is 13.1 Å². The second kappa shape index (κ2) is 7.19. The van der Waals surface area contributed by atoms with Gasteiger partial charge < -0.3 is 10.6 Å². The predicted molar refractivity (Wildman–Crippen MR) is 91.5 cm³/mol. The van der Waals surface area contributed by atoms with E-state index in [0.717, 1.165) is 29.0 Å². The molecule has 0 aromatic carbocycles. The Bertz CT molecular complexity index is 805. The summed E-state index contributed by atoms with van der Waals surface area (Å²) in [5.41, 5.74) is 0.828. The summed E-state index contributed by atoms with van der Waals surface area (Å²) in [4.78, 5) is 10.1. The summed E-state index contributed by atoms with van der Waals surface area (Å²) in [5, 5.41) is 15.9. The summed E-state index contributed by atoms with van der Waals surface area (Å²) in [7, 11) is 0. The van der Waals surface area contributed by atoms with E-state index >= 15 is 0 Å². The molecule has 3 rings (SSSR count). The number of aromatic nitrogens is 4. The van der Waals surface area contributed by atoms with E-state index in [1.165, 1.54) is 4.88 Å². The first kappa shape index (κ1) is 15.4. The van der Waals surface area contributed by atoms with E-state index in [2.05, 4.69) is 37.7 Å². The molecule has 0 spiro atoms. The molecule has 3 heterocycles. The molecule has 0 aliphatic carbocycles. The largest absolute Gasteiger partial charge is 0.357 e. The van der Waals surface area contributed by atoms with Crippen molar-refractivity contribution in [1.82, 2.24) is 30.2 Å². The van der Waals surface area contributed by atoms with E-state index in [4.69, 9.17) is 0 Å². The molecule has 0 saturated heterocycles. The van der Waals surface area contributed by atoms with Crippen LogP contribution in [0, 0.1) is 6.92 Å². The minimum absolute atomic E-state index is 0.456. The van der Waals surface area contributed by atoms with Gasteiger partial charge in [0.05, 0.1) is 6.54 Å². The molecule has 7 nitrogen and oxygen atoms in total. The van der Waals surface area contributed by atoms with Gasteiger partial charge in [-0.1, -0.05) is 6.07 Å². The Morgan fingerprint density at radius 3 is 3.00 bits per heavy atom. The number of rotatable bonds is 5. The highest BCUT2D eigenvalue weighted by atomic mass is 32.1. The summed E-state index contributed by atoms with van der Waals surface area (Å²) in [6, 6.07) is 5.82. The van der Waals surface area contributed by atoms with Crippen molar-refractivity contribution < 1.29 is 0 Å². The molecule has 0 saturated carbocycles. The van der Waals surface area contributed by atoms with Crippen molar-refractivity contribution in [3.63, 3.8) is 0 Å². The number of aryl methyl sites for hydroxylation is 1. The summed E-state index contributed by atoms with van der Waals surface area (Å²) >= 11 is 1.68. The Labute approximate surface area is 138 Å². The number of aliphatic imine (C=N–C) groups is 1. The van der Waals surface area contributed by atoms with Crippen LogP contribution < -0.4 is 10.6 Å². The van der Waals surface area contributed by atoms with Gasteiger partial charge in [0, 0.05) is 23.8 Å². The Hall–Kier alpha value is -2.48. The van der Waals surface area contributed by atoms with Crippen molar-refractivity contribution >= 4 is 22.9 Å². The van der Waals surface area contributed by atoms with Crippen molar-refractivity contribution in [2.75, 3.05) is 6.54 Å². The molecular weight excluding hydrogens is 310 g/mol.